The van der Waals surface area contributed by atoms with E-state index in [0.717, 1.165) is 32.2 Å². The monoisotopic (exact) mass is 245 g/mol. The molecule has 1 unspecified atom stereocenters. The Balaban J connectivity index is 2.13. The predicted octanol–water partition coefficient (Wildman–Crippen LogP) is 0.979. The molecule has 0 radical (unpaired) electrons. The number of hydrogen-bond donors (Lipinski definition) is 1. The van der Waals surface area contributed by atoms with E-state index in [9.17, 15) is 4.79 Å². The Morgan fingerprint density at radius 2 is 2.18 bits per heavy atom. The van der Waals surface area contributed by atoms with Crippen molar-refractivity contribution >= 4 is 5.97 Å². The van der Waals surface area contributed by atoms with Gasteiger partial charge in [-0.05, 0) is 25.8 Å². The third-order valence-corrected chi connectivity index (χ3v) is 3.06. The van der Waals surface area contributed by atoms with Crippen LogP contribution in [0.1, 0.15) is 25.7 Å². The number of likely N-dealkylation sites (tertiary alicyclic amines) is 1. The first-order valence-corrected chi connectivity index (χ1v) is 6.29. The maximum absolute atomic E-state index is 11.0. The van der Waals surface area contributed by atoms with E-state index >= 15 is 0 Å². The van der Waals surface area contributed by atoms with E-state index < -0.39 is 5.97 Å². The largest absolute Gasteiger partial charge is 0.480 e. The van der Waals surface area contributed by atoms with Crippen molar-refractivity contribution in [2.24, 2.45) is 0 Å². The van der Waals surface area contributed by atoms with Crippen molar-refractivity contribution in [1.29, 1.82) is 0 Å². The molecule has 0 aromatic carbocycles. The summed E-state index contributed by atoms with van der Waals surface area (Å²) in [5.74, 6) is -0.705. The van der Waals surface area contributed by atoms with Gasteiger partial charge < -0.3 is 14.6 Å². The van der Waals surface area contributed by atoms with Crippen LogP contribution in [0, 0.1) is 0 Å². The van der Waals surface area contributed by atoms with Crippen molar-refractivity contribution < 1.29 is 19.4 Å². The second-order valence-electron chi connectivity index (χ2n) is 4.34. The summed E-state index contributed by atoms with van der Waals surface area (Å²) in [6, 6.07) is -0.314. The lowest BCUT2D eigenvalue weighted by molar-refractivity contribution is -0.144. The van der Waals surface area contributed by atoms with Gasteiger partial charge in [0.1, 0.15) is 6.04 Å². The normalized spacial score (nSPS) is 21.6. The highest BCUT2D eigenvalue weighted by atomic mass is 16.5. The van der Waals surface area contributed by atoms with Crippen molar-refractivity contribution in [3.05, 3.63) is 0 Å². The fraction of sp³-hybridized carbons (Fsp3) is 0.917. The van der Waals surface area contributed by atoms with E-state index in [1.54, 1.807) is 7.11 Å². The topological polar surface area (TPSA) is 59.0 Å². The van der Waals surface area contributed by atoms with Gasteiger partial charge in [-0.25, -0.2) is 0 Å². The maximum Gasteiger partial charge on any atom is 0.320 e. The summed E-state index contributed by atoms with van der Waals surface area (Å²) in [5.41, 5.74) is 0. The van der Waals surface area contributed by atoms with E-state index in [-0.39, 0.29) is 6.04 Å². The van der Waals surface area contributed by atoms with Gasteiger partial charge in [-0.1, -0.05) is 6.42 Å². The summed E-state index contributed by atoms with van der Waals surface area (Å²) >= 11 is 0. The second kappa shape index (κ2) is 8.44. The number of rotatable bonds is 8. The van der Waals surface area contributed by atoms with Crippen LogP contribution < -0.4 is 0 Å². The van der Waals surface area contributed by atoms with Gasteiger partial charge in [0.15, 0.2) is 0 Å². The number of carboxylic acid groups (broad SMARTS) is 1. The third kappa shape index (κ3) is 5.48. The molecule has 1 saturated heterocycles. The van der Waals surface area contributed by atoms with E-state index in [1.807, 2.05) is 4.90 Å². The number of ether oxygens (including phenoxy) is 2. The average Bonchev–Trinajstić information content (AvgIpc) is 2.34. The van der Waals surface area contributed by atoms with E-state index in [0.29, 0.717) is 26.4 Å². The van der Waals surface area contributed by atoms with Crippen LogP contribution >= 0.6 is 0 Å². The molecule has 1 aliphatic rings. The molecule has 0 saturated carbocycles. The highest BCUT2D eigenvalue weighted by Crippen LogP contribution is 2.16. The Morgan fingerprint density at radius 3 is 2.88 bits per heavy atom. The molecular weight excluding hydrogens is 222 g/mol. The number of piperidine rings is 1. The minimum atomic E-state index is -0.705. The lowest BCUT2D eigenvalue weighted by atomic mass is 10.0. The van der Waals surface area contributed by atoms with Crippen molar-refractivity contribution in [3.8, 4) is 0 Å². The molecule has 17 heavy (non-hydrogen) atoms. The first-order valence-electron chi connectivity index (χ1n) is 6.29. The number of carboxylic acids is 1. The fourth-order valence-corrected chi connectivity index (χ4v) is 2.13. The number of nitrogens with zero attached hydrogens (tertiary/aromatic N) is 1. The smallest absolute Gasteiger partial charge is 0.320 e. The summed E-state index contributed by atoms with van der Waals surface area (Å²) in [6.07, 6.45) is 3.76. The van der Waals surface area contributed by atoms with Crippen LogP contribution in [0.4, 0.5) is 0 Å². The first-order chi connectivity index (χ1) is 8.25. The fourth-order valence-electron chi connectivity index (χ4n) is 2.13. The molecule has 1 aliphatic heterocycles. The molecule has 5 heteroatoms. The van der Waals surface area contributed by atoms with Gasteiger partial charge in [0.2, 0.25) is 0 Å². The molecule has 0 spiro atoms. The van der Waals surface area contributed by atoms with Gasteiger partial charge in [-0.2, -0.15) is 0 Å². The van der Waals surface area contributed by atoms with E-state index in [2.05, 4.69) is 0 Å². The summed E-state index contributed by atoms with van der Waals surface area (Å²) < 4.78 is 10.4. The van der Waals surface area contributed by atoms with Crippen molar-refractivity contribution in [2.45, 2.75) is 31.7 Å². The average molecular weight is 245 g/mol. The predicted molar refractivity (Wildman–Crippen MR) is 64.2 cm³/mol. The van der Waals surface area contributed by atoms with Crippen molar-refractivity contribution in [3.63, 3.8) is 0 Å². The van der Waals surface area contributed by atoms with Crippen LogP contribution in [0.2, 0.25) is 0 Å². The standard InChI is InChI=1S/C12H23NO4/c1-16-8-4-9-17-10-7-13-6-3-2-5-11(13)12(14)15/h11H,2-10H2,1H3,(H,14,15). The van der Waals surface area contributed by atoms with Gasteiger partial charge >= 0.3 is 5.97 Å². The molecule has 0 amide bonds. The lowest BCUT2D eigenvalue weighted by Crippen LogP contribution is -2.46. The van der Waals surface area contributed by atoms with Crippen LogP contribution in [0.5, 0.6) is 0 Å². The summed E-state index contributed by atoms with van der Waals surface area (Å²) in [4.78, 5) is 13.1. The second-order valence-corrected chi connectivity index (χ2v) is 4.34. The first kappa shape index (κ1) is 14.4. The molecule has 0 aliphatic carbocycles. The van der Waals surface area contributed by atoms with Crippen LogP contribution in [0.3, 0.4) is 0 Å². The summed E-state index contributed by atoms with van der Waals surface area (Å²) in [5, 5.41) is 9.08. The highest BCUT2D eigenvalue weighted by Gasteiger charge is 2.27. The van der Waals surface area contributed by atoms with Crippen molar-refractivity contribution in [1.82, 2.24) is 4.90 Å². The molecule has 5 nitrogen and oxygen atoms in total. The molecule has 1 atom stereocenters. The molecule has 0 aromatic rings. The van der Waals surface area contributed by atoms with Crippen LogP contribution in [0.15, 0.2) is 0 Å². The zero-order valence-electron chi connectivity index (χ0n) is 10.6. The summed E-state index contributed by atoms with van der Waals surface area (Å²) in [7, 11) is 1.67. The van der Waals surface area contributed by atoms with Crippen LogP contribution in [-0.4, -0.2) is 62.0 Å². The number of methoxy groups -OCH3 is 1. The highest BCUT2D eigenvalue weighted by molar-refractivity contribution is 5.73. The van der Waals surface area contributed by atoms with Crippen LogP contribution in [0.25, 0.3) is 0 Å². The van der Waals surface area contributed by atoms with Crippen LogP contribution in [-0.2, 0) is 14.3 Å². The minimum absolute atomic E-state index is 0.314. The zero-order chi connectivity index (χ0) is 12.5. The van der Waals surface area contributed by atoms with E-state index in [1.165, 1.54) is 0 Å². The quantitative estimate of drug-likeness (QED) is 0.646. The molecule has 0 aromatic heterocycles. The molecule has 100 valence electrons. The van der Waals surface area contributed by atoms with Gasteiger partial charge in [0.05, 0.1) is 6.61 Å². The van der Waals surface area contributed by atoms with Crippen molar-refractivity contribution in [2.75, 3.05) is 40.0 Å². The minimum Gasteiger partial charge on any atom is -0.480 e. The zero-order valence-corrected chi connectivity index (χ0v) is 10.6. The SMILES string of the molecule is COCCCOCCN1CCCCC1C(=O)O. The molecule has 1 fully saturated rings. The molecule has 0 bridgehead atoms. The maximum atomic E-state index is 11.0. The lowest BCUT2D eigenvalue weighted by Gasteiger charge is -2.32. The Labute approximate surface area is 103 Å². The summed E-state index contributed by atoms with van der Waals surface area (Å²) in [6.45, 7) is 3.58. The molecule has 1 heterocycles. The molecular formula is C12H23NO4. The Kier molecular flexibility index (Phi) is 7.16. The number of aliphatic carboxylic acids is 1. The van der Waals surface area contributed by atoms with Gasteiger partial charge in [-0.15, -0.1) is 0 Å². The number of hydrogen-bond acceptors (Lipinski definition) is 4. The van der Waals surface area contributed by atoms with Gasteiger partial charge in [0, 0.05) is 26.9 Å². The molecule has 1 rings (SSSR count). The Hall–Kier alpha value is -0.650. The third-order valence-electron chi connectivity index (χ3n) is 3.06. The molecule has 1 N–H and O–H groups in total. The van der Waals surface area contributed by atoms with Gasteiger partial charge in [-0.3, -0.25) is 9.69 Å². The Bertz CT molecular complexity index is 223. The Morgan fingerprint density at radius 1 is 1.35 bits per heavy atom. The van der Waals surface area contributed by atoms with E-state index in [4.69, 9.17) is 14.6 Å². The number of carbonyl (C=O) groups is 1. The van der Waals surface area contributed by atoms with Gasteiger partial charge in [0.25, 0.3) is 0 Å².